The third kappa shape index (κ3) is 4.54. The minimum atomic E-state index is -0.425. The predicted molar refractivity (Wildman–Crippen MR) is 120 cm³/mol. The van der Waals surface area contributed by atoms with Gasteiger partial charge in [-0.3, -0.25) is 0 Å². The van der Waals surface area contributed by atoms with Crippen molar-refractivity contribution in [1.82, 2.24) is 10.3 Å². The highest BCUT2D eigenvalue weighted by Gasteiger charge is 2.28. The number of aromatic nitrogens is 1. The lowest BCUT2D eigenvalue weighted by Crippen LogP contribution is -2.26. The van der Waals surface area contributed by atoms with Gasteiger partial charge >= 0.3 is 6.09 Å². The Balaban J connectivity index is 1.28. The van der Waals surface area contributed by atoms with E-state index in [0.717, 1.165) is 11.1 Å². The Labute approximate surface area is 182 Å². The van der Waals surface area contributed by atoms with Crippen LogP contribution >= 0.6 is 0 Å². The topological polar surface area (TPSA) is 60.5 Å². The molecule has 0 aliphatic heterocycles. The van der Waals surface area contributed by atoms with E-state index < -0.39 is 6.09 Å². The number of ether oxygens (including phenoxy) is 2. The molecule has 3 aromatic rings. The van der Waals surface area contributed by atoms with Crippen molar-refractivity contribution in [2.24, 2.45) is 0 Å². The van der Waals surface area contributed by atoms with E-state index in [1.165, 1.54) is 22.3 Å². The summed E-state index contributed by atoms with van der Waals surface area (Å²) < 4.78 is 10.6. The second-order valence-corrected chi connectivity index (χ2v) is 7.35. The van der Waals surface area contributed by atoms with Gasteiger partial charge in [0.2, 0.25) is 5.88 Å². The van der Waals surface area contributed by atoms with Gasteiger partial charge in [0.1, 0.15) is 6.61 Å². The van der Waals surface area contributed by atoms with Crippen LogP contribution in [0.25, 0.3) is 11.1 Å². The fraction of sp³-hybridized carbons (Fsp3) is 0.231. The Morgan fingerprint density at radius 3 is 2.42 bits per heavy atom. The van der Waals surface area contributed by atoms with E-state index in [1.54, 1.807) is 13.3 Å². The number of pyridine rings is 1. The molecule has 2 aromatic carbocycles. The van der Waals surface area contributed by atoms with E-state index in [1.807, 2.05) is 37.3 Å². The molecule has 0 saturated heterocycles. The van der Waals surface area contributed by atoms with Gasteiger partial charge in [-0.2, -0.15) is 0 Å². The minimum Gasteiger partial charge on any atom is -0.481 e. The number of fused-ring (bicyclic) bond motifs is 3. The van der Waals surface area contributed by atoms with E-state index in [-0.39, 0.29) is 5.92 Å². The fourth-order valence-electron chi connectivity index (χ4n) is 3.81. The van der Waals surface area contributed by atoms with E-state index in [4.69, 9.17) is 9.47 Å². The smallest absolute Gasteiger partial charge is 0.407 e. The normalized spacial score (nSPS) is 11.7. The number of methoxy groups -OCH3 is 1. The molecule has 156 valence electrons. The summed E-state index contributed by atoms with van der Waals surface area (Å²) in [5.74, 6) is 6.76. The summed E-state index contributed by atoms with van der Waals surface area (Å²) in [6.45, 7) is 2.69. The van der Waals surface area contributed by atoms with Crippen molar-refractivity contribution in [2.45, 2.75) is 19.3 Å². The van der Waals surface area contributed by atoms with E-state index in [0.29, 0.717) is 25.5 Å². The van der Waals surface area contributed by atoms with E-state index >= 15 is 0 Å². The number of hydrogen-bond acceptors (Lipinski definition) is 4. The molecule has 1 N–H and O–H groups in total. The molecule has 1 aromatic heterocycles. The number of aryl methyl sites for hydroxylation is 1. The lowest BCUT2D eigenvalue weighted by atomic mass is 9.98. The molecule has 5 nitrogen and oxygen atoms in total. The molecule has 1 heterocycles. The molecule has 0 atom stereocenters. The molecule has 0 bridgehead atoms. The largest absolute Gasteiger partial charge is 0.481 e. The Bertz CT molecular complexity index is 1120. The van der Waals surface area contributed by atoms with Gasteiger partial charge in [-0.1, -0.05) is 60.4 Å². The lowest BCUT2D eigenvalue weighted by molar-refractivity contribution is 0.143. The third-order valence-corrected chi connectivity index (χ3v) is 5.38. The van der Waals surface area contributed by atoms with Crippen molar-refractivity contribution in [1.29, 1.82) is 0 Å². The third-order valence-electron chi connectivity index (χ3n) is 5.38. The minimum absolute atomic E-state index is 0.0588. The molecule has 0 unspecified atom stereocenters. The van der Waals surface area contributed by atoms with Gasteiger partial charge in [-0.15, -0.1) is 0 Å². The maximum Gasteiger partial charge on any atom is 0.407 e. The maximum atomic E-state index is 12.2. The number of alkyl carbamates (subject to hydrolysis) is 1. The first kappa shape index (κ1) is 20.5. The Morgan fingerprint density at radius 2 is 1.77 bits per heavy atom. The monoisotopic (exact) mass is 412 g/mol. The molecule has 1 amide bonds. The van der Waals surface area contributed by atoms with E-state index in [2.05, 4.69) is 46.4 Å². The first-order valence-corrected chi connectivity index (χ1v) is 10.3. The average molecular weight is 412 g/mol. The number of nitrogens with zero attached hydrogens (tertiary/aromatic N) is 1. The van der Waals surface area contributed by atoms with Crippen LogP contribution in [0.5, 0.6) is 5.88 Å². The summed E-state index contributed by atoms with van der Waals surface area (Å²) in [7, 11) is 1.59. The molecule has 1 aliphatic rings. The van der Waals surface area contributed by atoms with Gasteiger partial charge < -0.3 is 14.8 Å². The number of carbonyl (C=O) groups excluding carboxylic acids is 1. The van der Waals surface area contributed by atoms with Gasteiger partial charge in [-0.25, -0.2) is 9.78 Å². The first-order valence-electron chi connectivity index (χ1n) is 10.3. The maximum absolute atomic E-state index is 12.2. The second kappa shape index (κ2) is 9.36. The highest BCUT2D eigenvalue weighted by molar-refractivity contribution is 5.79. The summed E-state index contributed by atoms with van der Waals surface area (Å²) in [5.41, 5.74) is 6.68. The van der Waals surface area contributed by atoms with Crippen LogP contribution in [-0.2, 0) is 4.74 Å². The SMILES string of the molecule is COc1cc(C)c(C#CCCNC(=O)OCC2c3ccccc3-c3ccccc32)cn1. The number of nitrogens with one attached hydrogen (secondary N) is 1. The molecule has 0 saturated carbocycles. The summed E-state index contributed by atoms with van der Waals surface area (Å²) in [4.78, 5) is 16.3. The van der Waals surface area contributed by atoms with Crippen LogP contribution < -0.4 is 10.1 Å². The van der Waals surface area contributed by atoms with Gasteiger partial charge in [0, 0.05) is 36.7 Å². The molecular weight excluding hydrogens is 388 g/mol. The Kier molecular flexibility index (Phi) is 6.18. The zero-order valence-corrected chi connectivity index (χ0v) is 17.6. The highest BCUT2D eigenvalue weighted by atomic mass is 16.5. The molecule has 0 fully saturated rings. The number of rotatable bonds is 5. The standard InChI is InChI=1S/C26H24N2O3/c1-18-15-25(30-2)28-16-19(18)9-7-8-14-27-26(29)31-17-24-22-12-5-3-10-20(22)21-11-4-6-13-23(21)24/h3-6,10-13,15-16,24H,8,14,17H2,1-2H3,(H,27,29). The van der Waals surface area contributed by atoms with Crippen LogP contribution in [0.2, 0.25) is 0 Å². The van der Waals surface area contributed by atoms with Crippen LogP contribution in [-0.4, -0.2) is 31.3 Å². The first-order chi connectivity index (χ1) is 15.2. The Morgan fingerprint density at radius 1 is 1.10 bits per heavy atom. The number of hydrogen-bond donors (Lipinski definition) is 1. The molecule has 0 spiro atoms. The Hall–Kier alpha value is -3.78. The van der Waals surface area contributed by atoms with Crippen LogP contribution in [0.3, 0.4) is 0 Å². The number of carbonyl (C=O) groups is 1. The van der Waals surface area contributed by atoms with Crippen molar-refractivity contribution in [3.63, 3.8) is 0 Å². The van der Waals surface area contributed by atoms with Crippen molar-refractivity contribution in [2.75, 3.05) is 20.3 Å². The van der Waals surface area contributed by atoms with Crippen LogP contribution in [0, 0.1) is 18.8 Å². The number of benzene rings is 2. The summed E-state index contributed by atoms with van der Waals surface area (Å²) in [5, 5.41) is 2.77. The number of amides is 1. The van der Waals surface area contributed by atoms with Crippen molar-refractivity contribution in [3.8, 4) is 28.8 Å². The molecule has 31 heavy (non-hydrogen) atoms. The van der Waals surface area contributed by atoms with Crippen LogP contribution in [0.4, 0.5) is 4.79 Å². The van der Waals surface area contributed by atoms with Crippen molar-refractivity contribution in [3.05, 3.63) is 83.0 Å². The summed E-state index contributed by atoms with van der Waals surface area (Å²) in [6, 6.07) is 18.4. The molecule has 5 heteroatoms. The quantitative estimate of drug-likeness (QED) is 0.488. The molecule has 1 aliphatic carbocycles. The van der Waals surface area contributed by atoms with Gasteiger partial charge in [0.25, 0.3) is 0 Å². The molecular formula is C26H24N2O3. The lowest BCUT2D eigenvalue weighted by Gasteiger charge is -2.14. The van der Waals surface area contributed by atoms with Gasteiger partial charge in [0.05, 0.1) is 7.11 Å². The second-order valence-electron chi connectivity index (χ2n) is 7.35. The zero-order valence-electron chi connectivity index (χ0n) is 17.6. The highest BCUT2D eigenvalue weighted by Crippen LogP contribution is 2.44. The average Bonchev–Trinajstić information content (AvgIpc) is 3.12. The predicted octanol–water partition coefficient (Wildman–Crippen LogP) is 4.68. The summed E-state index contributed by atoms with van der Waals surface area (Å²) >= 11 is 0. The van der Waals surface area contributed by atoms with Crippen LogP contribution in [0.15, 0.2) is 60.8 Å². The fourth-order valence-corrected chi connectivity index (χ4v) is 3.81. The summed E-state index contributed by atoms with van der Waals surface area (Å²) in [6.07, 6.45) is 1.79. The molecule has 4 rings (SSSR count). The van der Waals surface area contributed by atoms with Crippen molar-refractivity contribution < 1.29 is 14.3 Å². The van der Waals surface area contributed by atoms with Crippen molar-refractivity contribution >= 4 is 6.09 Å². The van der Waals surface area contributed by atoms with E-state index in [9.17, 15) is 4.79 Å². The van der Waals surface area contributed by atoms with Gasteiger partial charge in [-0.05, 0) is 34.7 Å². The van der Waals surface area contributed by atoms with Crippen LogP contribution in [0.1, 0.15) is 34.6 Å². The zero-order chi connectivity index (χ0) is 21.6. The molecule has 0 radical (unpaired) electrons. The van der Waals surface area contributed by atoms with Gasteiger partial charge in [0.15, 0.2) is 0 Å².